The molecule has 120 valence electrons. The molecule has 1 aromatic heterocycles. The summed E-state index contributed by atoms with van der Waals surface area (Å²) in [4.78, 5) is 19.4. The Morgan fingerprint density at radius 2 is 2.04 bits per heavy atom. The van der Waals surface area contributed by atoms with Crippen LogP contribution >= 0.6 is 0 Å². The minimum Gasteiger partial charge on any atom is -0.458 e. The van der Waals surface area contributed by atoms with Crippen molar-refractivity contribution >= 4 is 5.91 Å². The van der Waals surface area contributed by atoms with Crippen molar-refractivity contribution < 1.29 is 13.9 Å². The fraction of sp³-hybridized carbons (Fsp3) is 0.312. The Morgan fingerprint density at radius 3 is 2.70 bits per heavy atom. The number of primary amides is 1. The van der Waals surface area contributed by atoms with Crippen LogP contribution in [0.4, 0.5) is 4.39 Å². The van der Waals surface area contributed by atoms with Gasteiger partial charge in [-0.2, -0.15) is 0 Å². The number of nitrogens with two attached hydrogens (primary N) is 1. The molecule has 0 aliphatic carbocycles. The molecule has 1 amide bonds. The van der Waals surface area contributed by atoms with Crippen molar-refractivity contribution in [3.8, 4) is 6.01 Å². The van der Waals surface area contributed by atoms with Gasteiger partial charge in [0.1, 0.15) is 12.4 Å². The largest absolute Gasteiger partial charge is 0.458 e. The van der Waals surface area contributed by atoms with Crippen LogP contribution in [0.5, 0.6) is 6.01 Å². The molecule has 1 fully saturated rings. The maximum Gasteiger partial charge on any atom is 0.316 e. The van der Waals surface area contributed by atoms with E-state index in [2.05, 4.69) is 15.3 Å². The lowest BCUT2D eigenvalue weighted by Crippen LogP contribution is -2.37. The van der Waals surface area contributed by atoms with E-state index in [-0.39, 0.29) is 36.4 Å². The van der Waals surface area contributed by atoms with Gasteiger partial charge in [-0.3, -0.25) is 10.1 Å². The molecule has 0 bridgehead atoms. The van der Waals surface area contributed by atoms with E-state index in [4.69, 9.17) is 10.5 Å². The normalized spacial score (nSPS) is 20.4. The molecule has 3 N–H and O–H groups in total. The summed E-state index contributed by atoms with van der Waals surface area (Å²) >= 11 is 0. The summed E-state index contributed by atoms with van der Waals surface area (Å²) in [5.41, 5.74) is 6.60. The monoisotopic (exact) mass is 316 g/mol. The molecule has 1 saturated heterocycles. The summed E-state index contributed by atoms with van der Waals surface area (Å²) < 4.78 is 18.9. The predicted octanol–water partition coefficient (Wildman–Crippen LogP) is 1.47. The van der Waals surface area contributed by atoms with Crippen LogP contribution in [0, 0.1) is 5.82 Å². The first-order chi connectivity index (χ1) is 11.1. The minimum absolute atomic E-state index is 0.00752. The van der Waals surface area contributed by atoms with Crippen LogP contribution in [0.15, 0.2) is 36.7 Å². The molecule has 23 heavy (non-hydrogen) atoms. The lowest BCUT2D eigenvalue weighted by atomic mass is 10.1. The average Bonchev–Trinajstić information content (AvgIpc) is 3.05. The highest BCUT2D eigenvalue weighted by atomic mass is 19.1. The van der Waals surface area contributed by atoms with E-state index in [0.29, 0.717) is 12.0 Å². The molecule has 1 aliphatic rings. The second-order valence-electron chi connectivity index (χ2n) is 5.43. The van der Waals surface area contributed by atoms with Gasteiger partial charge in [-0.15, -0.1) is 0 Å². The zero-order valence-corrected chi connectivity index (χ0v) is 12.4. The average molecular weight is 316 g/mol. The molecular weight excluding hydrogens is 299 g/mol. The van der Waals surface area contributed by atoms with E-state index >= 15 is 0 Å². The summed E-state index contributed by atoms with van der Waals surface area (Å²) in [6, 6.07) is 6.27. The van der Waals surface area contributed by atoms with E-state index in [1.165, 1.54) is 6.07 Å². The molecule has 0 radical (unpaired) electrons. The molecular formula is C16H17FN4O2. The zero-order chi connectivity index (χ0) is 16.2. The van der Waals surface area contributed by atoms with Crippen LogP contribution in [-0.2, 0) is 11.4 Å². The molecule has 6 nitrogen and oxygen atoms in total. The SMILES string of the molecule is NC(=O)C1CCC(c2cnc(OCc3ccccc3F)nc2)N1. The molecule has 1 aromatic carbocycles. The standard InChI is InChI=1S/C16H17FN4O2/c17-12-4-2-1-3-10(12)9-23-16-19-7-11(8-20-16)13-5-6-14(21-13)15(18)22/h1-4,7-8,13-14,21H,5-6,9H2,(H2,18,22). The van der Waals surface area contributed by atoms with Crippen molar-refractivity contribution in [3.63, 3.8) is 0 Å². The number of carbonyl (C=O) groups is 1. The molecule has 3 rings (SSSR count). The fourth-order valence-corrected chi connectivity index (χ4v) is 2.57. The second-order valence-corrected chi connectivity index (χ2v) is 5.43. The summed E-state index contributed by atoms with van der Waals surface area (Å²) in [5, 5.41) is 3.15. The molecule has 7 heteroatoms. The van der Waals surface area contributed by atoms with Crippen LogP contribution in [0.1, 0.15) is 30.0 Å². The van der Waals surface area contributed by atoms with E-state index < -0.39 is 0 Å². The van der Waals surface area contributed by atoms with Crippen LogP contribution in [0.3, 0.4) is 0 Å². The van der Waals surface area contributed by atoms with Crippen molar-refractivity contribution in [3.05, 3.63) is 53.6 Å². The summed E-state index contributed by atoms with van der Waals surface area (Å²) in [6.07, 6.45) is 4.79. The molecule has 2 aromatic rings. The fourth-order valence-electron chi connectivity index (χ4n) is 2.57. The molecule has 2 atom stereocenters. The Morgan fingerprint density at radius 1 is 1.30 bits per heavy atom. The highest BCUT2D eigenvalue weighted by Crippen LogP contribution is 2.26. The van der Waals surface area contributed by atoms with Crippen LogP contribution < -0.4 is 15.8 Å². The van der Waals surface area contributed by atoms with Gasteiger partial charge in [-0.25, -0.2) is 14.4 Å². The second kappa shape index (κ2) is 6.70. The van der Waals surface area contributed by atoms with Crippen LogP contribution in [0.2, 0.25) is 0 Å². The van der Waals surface area contributed by atoms with Gasteiger partial charge in [0, 0.05) is 29.6 Å². The van der Waals surface area contributed by atoms with Crippen molar-refractivity contribution in [2.45, 2.75) is 31.5 Å². The Kier molecular flexibility index (Phi) is 4.47. The van der Waals surface area contributed by atoms with Gasteiger partial charge in [-0.1, -0.05) is 18.2 Å². The molecule has 0 spiro atoms. The number of ether oxygens (including phenoxy) is 1. The first-order valence-corrected chi connectivity index (χ1v) is 7.37. The highest BCUT2D eigenvalue weighted by molar-refractivity contribution is 5.80. The topological polar surface area (TPSA) is 90.1 Å². The number of amides is 1. The van der Waals surface area contributed by atoms with E-state index in [1.807, 2.05) is 0 Å². The third-order valence-electron chi connectivity index (χ3n) is 3.85. The van der Waals surface area contributed by atoms with E-state index in [0.717, 1.165) is 12.0 Å². The van der Waals surface area contributed by atoms with E-state index in [1.54, 1.807) is 30.6 Å². The molecule has 1 aliphatic heterocycles. The van der Waals surface area contributed by atoms with E-state index in [9.17, 15) is 9.18 Å². The predicted molar refractivity (Wildman–Crippen MR) is 80.9 cm³/mol. The number of aromatic nitrogens is 2. The van der Waals surface area contributed by atoms with Gasteiger partial charge < -0.3 is 10.5 Å². The van der Waals surface area contributed by atoms with Crippen molar-refractivity contribution in [2.75, 3.05) is 0 Å². The van der Waals surface area contributed by atoms with Crippen LogP contribution in [0.25, 0.3) is 0 Å². The number of halogens is 1. The van der Waals surface area contributed by atoms with Gasteiger partial charge in [0.15, 0.2) is 0 Å². The van der Waals surface area contributed by atoms with Gasteiger partial charge in [-0.05, 0) is 18.9 Å². The first-order valence-electron chi connectivity index (χ1n) is 7.37. The van der Waals surface area contributed by atoms with Crippen molar-refractivity contribution in [1.82, 2.24) is 15.3 Å². The zero-order valence-electron chi connectivity index (χ0n) is 12.4. The smallest absolute Gasteiger partial charge is 0.316 e. The number of nitrogens with one attached hydrogen (secondary N) is 1. The summed E-state index contributed by atoms with van der Waals surface area (Å²) in [6.45, 7) is 0.0669. The molecule has 2 unspecified atom stereocenters. The van der Waals surface area contributed by atoms with Crippen molar-refractivity contribution in [1.29, 1.82) is 0 Å². The lowest BCUT2D eigenvalue weighted by molar-refractivity contribution is -0.119. The Labute approximate surface area is 132 Å². The number of hydrogen-bond donors (Lipinski definition) is 2. The summed E-state index contributed by atoms with van der Waals surface area (Å²) in [7, 11) is 0. The number of nitrogens with zero attached hydrogens (tertiary/aromatic N) is 2. The van der Waals surface area contributed by atoms with Gasteiger partial charge >= 0.3 is 6.01 Å². The number of benzene rings is 1. The Balaban J connectivity index is 1.59. The molecule has 0 saturated carbocycles. The maximum atomic E-state index is 13.5. The van der Waals surface area contributed by atoms with Gasteiger partial charge in [0.25, 0.3) is 0 Å². The maximum absolute atomic E-state index is 13.5. The number of rotatable bonds is 5. The number of carbonyl (C=O) groups excluding carboxylic acids is 1. The van der Waals surface area contributed by atoms with Gasteiger partial charge in [0.2, 0.25) is 5.91 Å². The Bertz CT molecular complexity index is 693. The van der Waals surface area contributed by atoms with Crippen LogP contribution in [-0.4, -0.2) is 21.9 Å². The summed E-state index contributed by atoms with van der Waals surface area (Å²) in [5.74, 6) is -0.671. The minimum atomic E-state index is -0.349. The quantitative estimate of drug-likeness (QED) is 0.872. The third-order valence-corrected chi connectivity index (χ3v) is 3.85. The molecule has 2 heterocycles. The first kappa shape index (κ1) is 15.4. The number of hydrogen-bond acceptors (Lipinski definition) is 5. The van der Waals surface area contributed by atoms with Crippen molar-refractivity contribution in [2.24, 2.45) is 5.73 Å². The Hall–Kier alpha value is -2.54. The highest BCUT2D eigenvalue weighted by Gasteiger charge is 2.28. The van der Waals surface area contributed by atoms with Gasteiger partial charge in [0.05, 0.1) is 6.04 Å². The lowest BCUT2D eigenvalue weighted by Gasteiger charge is -2.12. The third kappa shape index (κ3) is 3.62.